The Balaban J connectivity index is 1.95. The van der Waals surface area contributed by atoms with Gasteiger partial charge in [0.25, 0.3) is 0 Å². The van der Waals surface area contributed by atoms with Gasteiger partial charge in [0, 0.05) is 0 Å². The number of rotatable bonds is 3. The van der Waals surface area contributed by atoms with Crippen LogP contribution in [0.4, 0.5) is 5.95 Å². The molecule has 1 aliphatic carbocycles. The van der Waals surface area contributed by atoms with E-state index in [1.54, 1.807) is 6.33 Å². The quantitative estimate of drug-likeness (QED) is 0.770. The normalized spacial score (nSPS) is 15.7. The van der Waals surface area contributed by atoms with Crippen molar-refractivity contribution in [2.24, 2.45) is 5.92 Å². The summed E-state index contributed by atoms with van der Waals surface area (Å²) in [5.74, 6) is 1.36. The van der Waals surface area contributed by atoms with Gasteiger partial charge in [0.1, 0.15) is 0 Å². The Morgan fingerprint density at radius 1 is 1.47 bits per heavy atom. The molecule has 1 fully saturated rings. The molecule has 0 unspecified atom stereocenters. The van der Waals surface area contributed by atoms with Gasteiger partial charge in [0.15, 0.2) is 11.2 Å². The van der Waals surface area contributed by atoms with Crippen molar-refractivity contribution in [3.05, 3.63) is 6.33 Å². The third-order valence-electron chi connectivity index (χ3n) is 2.42. The van der Waals surface area contributed by atoms with Crippen molar-refractivity contribution < 1.29 is 4.74 Å². The van der Waals surface area contributed by atoms with Gasteiger partial charge in [-0.1, -0.05) is 0 Å². The second kappa shape index (κ2) is 3.08. The Hall–Kier alpha value is -1.85. The van der Waals surface area contributed by atoms with E-state index in [4.69, 9.17) is 10.5 Å². The Kier molecular flexibility index (Phi) is 1.74. The van der Waals surface area contributed by atoms with Gasteiger partial charge < -0.3 is 15.5 Å². The summed E-state index contributed by atoms with van der Waals surface area (Å²) in [6.45, 7) is 0.693. The molecule has 0 bridgehead atoms. The number of anilines is 1. The van der Waals surface area contributed by atoms with E-state index in [1.807, 2.05) is 0 Å². The number of aromatic amines is 1. The monoisotopic (exact) mass is 205 g/mol. The molecule has 0 spiro atoms. The van der Waals surface area contributed by atoms with Crippen LogP contribution in [0.1, 0.15) is 12.8 Å². The standard InChI is InChI=1S/C9H11N5O/c10-9-13-7-6(11-4-12-7)8(14-9)15-3-5-1-2-5/h4-5H,1-3H2,(H3,10,11,12,13,14). The first-order chi connectivity index (χ1) is 7.33. The topological polar surface area (TPSA) is 89.7 Å². The summed E-state index contributed by atoms with van der Waals surface area (Å²) in [4.78, 5) is 15.0. The number of imidazole rings is 1. The van der Waals surface area contributed by atoms with Gasteiger partial charge in [-0.05, 0) is 18.8 Å². The average molecular weight is 205 g/mol. The molecule has 1 aliphatic rings. The highest BCUT2D eigenvalue weighted by atomic mass is 16.5. The molecule has 0 saturated heterocycles. The van der Waals surface area contributed by atoms with Crippen molar-refractivity contribution in [3.63, 3.8) is 0 Å². The maximum atomic E-state index is 5.57. The fourth-order valence-corrected chi connectivity index (χ4v) is 1.41. The number of aromatic nitrogens is 4. The predicted molar refractivity (Wildman–Crippen MR) is 54.3 cm³/mol. The molecule has 6 heteroatoms. The first kappa shape index (κ1) is 8.46. The van der Waals surface area contributed by atoms with E-state index >= 15 is 0 Å². The van der Waals surface area contributed by atoms with Crippen molar-refractivity contribution in [3.8, 4) is 5.88 Å². The molecular formula is C9H11N5O. The third kappa shape index (κ3) is 1.58. The van der Waals surface area contributed by atoms with E-state index in [0.29, 0.717) is 29.6 Å². The van der Waals surface area contributed by atoms with E-state index < -0.39 is 0 Å². The summed E-state index contributed by atoms with van der Waals surface area (Å²) in [5, 5.41) is 0. The number of nitrogens with two attached hydrogens (primary N) is 1. The minimum absolute atomic E-state index is 0.206. The highest BCUT2D eigenvalue weighted by Gasteiger charge is 2.23. The molecule has 6 nitrogen and oxygen atoms in total. The van der Waals surface area contributed by atoms with Gasteiger partial charge in [0.2, 0.25) is 11.8 Å². The molecule has 15 heavy (non-hydrogen) atoms. The summed E-state index contributed by atoms with van der Waals surface area (Å²) in [7, 11) is 0. The van der Waals surface area contributed by atoms with Crippen LogP contribution >= 0.6 is 0 Å². The van der Waals surface area contributed by atoms with E-state index in [-0.39, 0.29) is 5.95 Å². The zero-order chi connectivity index (χ0) is 10.3. The SMILES string of the molecule is Nc1nc(OCC2CC2)c2nc[nH]c2n1. The molecule has 0 amide bonds. The van der Waals surface area contributed by atoms with Crippen molar-refractivity contribution in [1.82, 2.24) is 19.9 Å². The molecule has 0 aromatic carbocycles. The zero-order valence-electron chi connectivity index (χ0n) is 8.10. The van der Waals surface area contributed by atoms with Crippen LogP contribution in [0.2, 0.25) is 0 Å². The minimum atomic E-state index is 0.206. The zero-order valence-corrected chi connectivity index (χ0v) is 8.10. The van der Waals surface area contributed by atoms with Gasteiger partial charge in [0.05, 0.1) is 12.9 Å². The minimum Gasteiger partial charge on any atom is -0.476 e. The Bertz CT molecular complexity index is 490. The predicted octanol–water partition coefficient (Wildman–Crippen LogP) is 0.724. The van der Waals surface area contributed by atoms with Crippen LogP contribution in [0.25, 0.3) is 11.2 Å². The Labute approximate surface area is 85.9 Å². The number of H-pyrrole nitrogens is 1. The average Bonchev–Trinajstić information content (AvgIpc) is 2.92. The number of nitrogens with one attached hydrogen (secondary N) is 1. The molecule has 2 aromatic heterocycles. The molecule has 3 N–H and O–H groups in total. The molecule has 0 aliphatic heterocycles. The molecule has 78 valence electrons. The lowest BCUT2D eigenvalue weighted by atomic mass is 10.4. The summed E-state index contributed by atoms with van der Waals surface area (Å²) in [5.41, 5.74) is 6.82. The molecule has 2 heterocycles. The van der Waals surface area contributed by atoms with Crippen LogP contribution in [-0.2, 0) is 0 Å². The van der Waals surface area contributed by atoms with Gasteiger partial charge in [-0.25, -0.2) is 4.98 Å². The van der Waals surface area contributed by atoms with Crippen LogP contribution in [-0.4, -0.2) is 26.5 Å². The van der Waals surface area contributed by atoms with Crippen LogP contribution in [0.15, 0.2) is 6.33 Å². The molecule has 1 saturated carbocycles. The van der Waals surface area contributed by atoms with Crippen LogP contribution in [0.3, 0.4) is 0 Å². The van der Waals surface area contributed by atoms with Gasteiger partial charge >= 0.3 is 0 Å². The smallest absolute Gasteiger partial charge is 0.247 e. The summed E-state index contributed by atoms with van der Waals surface area (Å²) < 4.78 is 5.57. The maximum Gasteiger partial charge on any atom is 0.247 e. The van der Waals surface area contributed by atoms with Crippen molar-refractivity contribution in [1.29, 1.82) is 0 Å². The lowest BCUT2D eigenvalue weighted by Gasteiger charge is -2.04. The number of fused-ring (bicyclic) bond motifs is 1. The lowest BCUT2D eigenvalue weighted by molar-refractivity contribution is 0.292. The van der Waals surface area contributed by atoms with Gasteiger partial charge in [-0.3, -0.25) is 0 Å². The summed E-state index contributed by atoms with van der Waals surface area (Å²) in [6, 6.07) is 0. The van der Waals surface area contributed by atoms with E-state index in [1.165, 1.54) is 12.8 Å². The van der Waals surface area contributed by atoms with Crippen molar-refractivity contribution in [2.75, 3.05) is 12.3 Å². The Morgan fingerprint density at radius 3 is 3.13 bits per heavy atom. The van der Waals surface area contributed by atoms with Gasteiger partial charge in [-0.2, -0.15) is 9.97 Å². The van der Waals surface area contributed by atoms with Crippen LogP contribution in [0, 0.1) is 5.92 Å². The number of hydrogen-bond donors (Lipinski definition) is 2. The molecular weight excluding hydrogens is 194 g/mol. The van der Waals surface area contributed by atoms with Crippen molar-refractivity contribution in [2.45, 2.75) is 12.8 Å². The first-order valence-electron chi connectivity index (χ1n) is 4.92. The summed E-state index contributed by atoms with van der Waals surface area (Å²) >= 11 is 0. The number of ether oxygens (including phenoxy) is 1. The van der Waals surface area contributed by atoms with E-state index in [2.05, 4.69) is 19.9 Å². The van der Waals surface area contributed by atoms with E-state index in [0.717, 1.165) is 0 Å². The first-order valence-corrected chi connectivity index (χ1v) is 4.92. The second-order valence-corrected chi connectivity index (χ2v) is 3.74. The third-order valence-corrected chi connectivity index (χ3v) is 2.42. The fourth-order valence-electron chi connectivity index (χ4n) is 1.41. The van der Waals surface area contributed by atoms with E-state index in [9.17, 15) is 0 Å². The Morgan fingerprint density at radius 2 is 2.33 bits per heavy atom. The van der Waals surface area contributed by atoms with Crippen LogP contribution in [0.5, 0.6) is 5.88 Å². The highest BCUT2D eigenvalue weighted by molar-refractivity contribution is 5.76. The molecule has 0 radical (unpaired) electrons. The molecule has 3 rings (SSSR count). The van der Waals surface area contributed by atoms with Crippen molar-refractivity contribution >= 4 is 17.1 Å². The second-order valence-electron chi connectivity index (χ2n) is 3.74. The van der Waals surface area contributed by atoms with Gasteiger partial charge in [-0.15, -0.1) is 0 Å². The highest BCUT2D eigenvalue weighted by Crippen LogP contribution is 2.30. The fraction of sp³-hybridized carbons (Fsp3) is 0.444. The molecule has 2 aromatic rings. The maximum absolute atomic E-state index is 5.57. The van der Waals surface area contributed by atoms with Crippen LogP contribution < -0.4 is 10.5 Å². The summed E-state index contributed by atoms with van der Waals surface area (Å²) in [6.07, 6.45) is 4.04. The number of nitrogens with zero attached hydrogens (tertiary/aromatic N) is 3. The molecule has 0 atom stereocenters. The largest absolute Gasteiger partial charge is 0.476 e. The lowest BCUT2D eigenvalue weighted by Crippen LogP contribution is -2.04. The number of nitrogen functional groups attached to an aromatic ring is 1. The number of hydrogen-bond acceptors (Lipinski definition) is 5.